The van der Waals surface area contributed by atoms with Crippen LogP contribution in [0.3, 0.4) is 0 Å². The quantitative estimate of drug-likeness (QED) is 0.686. The van der Waals surface area contributed by atoms with E-state index in [2.05, 4.69) is 26.6 Å². The van der Waals surface area contributed by atoms with E-state index in [0.717, 1.165) is 6.08 Å². The predicted molar refractivity (Wildman–Crippen MR) is 94.9 cm³/mol. The van der Waals surface area contributed by atoms with E-state index >= 15 is 0 Å². The van der Waals surface area contributed by atoms with Gasteiger partial charge in [0.1, 0.15) is 29.6 Å². The highest BCUT2D eigenvalue weighted by Gasteiger charge is 2.23. The summed E-state index contributed by atoms with van der Waals surface area (Å²) in [5.41, 5.74) is 1.47. The molecule has 0 unspecified atom stereocenters. The number of halogens is 2. The SMILES string of the molecule is C=C(c1cnc2nc(COc3ccccn3)cn2n1)[C@H]1CC=C(F)C=C1F. The van der Waals surface area contributed by atoms with Crippen molar-refractivity contribution in [1.82, 2.24) is 24.6 Å². The second-order valence-corrected chi connectivity index (χ2v) is 6.01. The molecule has 0 amide bonds. The Bertz CT molecular complexity index is 1060. The van der Waals surface area contributed by atoms with Crippen LogP contribution in [0, 0.1) is 5.92 Å². The lowest BCUT2D eigenvalue weighted by molar-refractivity contribution is 0.290. The first kappa shape index (κ1) is 17.0. The summed E-state index contributed by atoms with van der Waals surface area (Å²) in [7, 11) is 0. The fourth-order valence-corrected chi connectivity index (χ4v) is 2.75. The van der Waals surface area contributed by atoms with Crippen molar-refractivity contribution < 1.29 is 13.5 Å². The Morgan fingerprint density at radius 3 is 2.96 bits per heavy atom. The van der Waals surface area contributed by atoms with Crippen LogP contribution in [-0.2, 0) is 6.61 Å². The first-order chi connectivity index (χ1) is 13.1. The lowest BCUT2D eigenvalue weighted by Crippen LogP contribution is -2.09. The first-order valence-corrected chi connectivity index (χ1v) is 8.27. The lowest BCUT2D eigenvalue weighted by Gasteiger charge is -2.18. The molecule has 0 spiro atoms. The minimum Gasteiger partial charge on any atom is -0.471 e. The van der Waals surface area contributed by atoms with Gasteiger partial charge in [-0.05, 0) is 24.1 Å². The molecule has 1 atom stereocenters. The number of hydrogen-bond acceptors (Lipinski definition) is 5. The maximum atomic E-state index is 14.0. The van der Waals surface area contributed by atoms with Gasteiger partial charge in [0.2, 0.25) is 5.88 Å². The van der Waals surface area contributed by atoms with Crippen LogP contribution >= 0.6 is 0 Å². The van der Waals surface area contributed by atoms with E-state index in [1.165, 1.54) is 16.8 Å². The van der Waals surface area contributed by atoms with Gasteiger partial charge in [-0.3, -0.25) is 0 Å². The Kier molecular flexibility index (Phi) is 4.45. The van der Waals surface area contributed by atoms with Gasteiger partial charge in [-0.1, -0.05) is 12.6 Å². The van der Waals surface area contributed by atoms with Gasteiger partial charge in [-0.25, -0.2) is 28.2 Å². The van der Waals surface area contributed by atoms with Crippen LogP contribution in [0.4, 0.5) is 8.78 Å². The number of fused-ring (bicyclic) bond motifs is 1. The van der Waals surface area contributed by atoms with E-state index in [-0.39, 0.29) is 13.0 Å². The molecule has 1 aliphatic rings. The molecule has 0 fully saturated rings. The molecule has 136 valence electrons. The molecule has 4 rings (SSSR count). The summed E-state index contributed by atoms with van der Waals surface area (Å²) >= 11 is 0. The maximum absolute atomic E-state index is 14.0. The number of nitrogens with zero attached hydrogens (tertiary/aromatic N) is 5. The molecule has 6 nitrogen and oxygen atoms in total. The van der Waals surface area contributed by atoms with E-state index < -0.39 is 17.6 Å². The summed E-state index contributed by atoms with van der Waals surface area (Å²) < 4.78 is 34.2. The molecule has 3 aromatic heterocycles. The zero-order valence-corrected chi connectivity index (χ0v) is 14.2. The molecular weight excluding hydrogens is 352 g/mol. The molecule has 0 aromatic carbocycles. The van der Waals surface area contributed by atoms with Gasteiger partial charge in [-0.2, -0.15) is 5.10 Å². The van der Waals surface area contributed by atoms with E-state index in [1.807, 2.05) is 6.07 Å². The third-order valence-corrected chi connectivity index (χ3v) is 4.15. The van der Waals surface area contributed by atoms with Gasteiger partial charge >= 0.3 is 0 Å². The summed E-state index contributed by atoms with van der Waals surface area (Å²) in [5, 5.41) is 4.39. The molecule has 0 saturated carbocycles. The van der Waals surface area contributed by atoms with Gasteiger partial charge in [0.05, 0.1) is 12.4 Å². The number of rotatable bonds is 5. The zero-order chi connectivity index (χ0) is 18.8. The summed E-state index contributed by atoms with van der Waals surface area (Å²) in [6.07, 6.45) is 7.19. The molecule has 8 heteroatoms. The van der Waals surface area contributed by atoms with E-state index in [0.29, 0.717) is 28.6 Å². The van der Waals surface area contributed by atoms with Gasteiger partial charge < -0.3 is 4.74 Å². The second kappa shape index (κ2) is 7.06. The highest BCUT2D eigenvalue weighted by atomic mass is 19.1. The number of allylic oxidation sites excluding steroid dienone is 5. The normalized spacial score (nSPS) is 16.7. The van der Waals surface area contributed by atoms with Crippen LogP contribution in [0.5, 0.6) is 5.88 Å². The topological polar surface area (TPSA) is 65.2 Å². The molecule has 27 heavy (non-hydrogen) atoms. The highest BCUT2D eigenvalue weighted by molar-refractivity contribution is 5.65. The third kappa shape index (κ3) is 3.59. The van der Waals surface area contributed by atoms with Crippen molar-refractivity contribution in [3.05, 3.63) is 78.6 Å². The van der Waals surface area contributed by atoms with E-state index in [1.54, 1.807) is 24.5 Å². The standard InChI is InChI=1S/C19H15F2N5O/c1-12(15-6-5-13(20)8-16(15)21)17-9-23-19-24-14(10-26(19)25-17)11-27-18-4-2-3-7-22-18/h2-5,7-10,15H,1,6,11H2/t15-/m1/s1. The maximum Gasteiger partial charge on any atom is 0.251 e. The number of pyridine rings is 1. The van der Waals surface area contributed by atoms with Crippen LogP contribution in [0.1, 0.15) is 17.8 Å². The molecular formula is C19H15F2N5O. The van der Waals surface area contributed by atoms with E-state index in [4.69, 9.17) is 4.74 Å². The van der Waals surface area contributed by atoms with Crippen molar-refractivity contribution in [2.24, 2.45) is 5.92 Å². The molecule has 0 radical (unpaired) electrons. The van der Waals surface area contributed by atoms with Crippen LogP contribution in [-0.4, -0.2) is 24.6 Å². The Morgan fingerprint density at radius 1 is 1.30 bits per heavy atom. The molecule has 0 N–H and O–H groups in total. The number of ether oxygens (including phenoxy) is 1. The summed E-state index contributed by atoms with van der Waals surface area (Å²) in [6.45, 7) is 4.12. The average molecular weight is 367 g/mol. The molecule has 3 aromatic rings. The lowest BCUT2D eigenvalue weighted by atomic mass is 9.90. The van der Waals surface area contributed by atoms with Crippen LogP contribution in [0.25, 0.3) is 11.4 Å². The van der Waals surface area contributed by atoms with Crippen molar-refractivity contribution in [3.8, 4) is 5.88 Å². The monoisotopic (exact) mass is 367 g/mol. The van der Waals surface area contributed by atoms with Crippen molar-refractivity contribution in [1.29, 1.82) is 0 Å². The fourth-order valence-electron chi connectivity index (χ4n) is 2.75. The summed E-state index contributed by atoms with van der Waals surface area (Å²) in [6, 6.07) is 5.37. The van der Waals surface area contributed by atoms with Crippen LogP contribution in [0.2, 0.25) is 0 Å². The zero-order valence-electron chi connectivity index (χ0n) is 14.2. The van der Waals surface area contributed by atoms with E-state index in [9.17, 15) is 8.78 Å². The van der Waals surface area contributed by atoms with Crippen molar-refractivity contribution in [2.45, 2.75) is 13.0 Å². The molecule has 0 bridgehead atoms. The third-order valence-electron chi connectivity index (χ3n) is 4.15. The molecule has 1 aliphatic carbocycles. The molecule has 0 aliphatic heterocycles. The Balaban J connectivity index is 1.52. The van der Waals surface area contributed by atoms with Gasteiger partial charge in [0, 0.05) is 24.3 Å². The minimum atomic E-state index is -0.647. The minimum absolute atomic E-state index is 0.194. The van der Waals surface area contributed by atoms with Crippen molar-refractivity contribution in [3.63, 3.8) is 0 Å². The largest absolute Gasteiger partial charge is 0.471 e. The smallest absolute Gasteiger partial charge is 0.251 e. The van der Waals surface area contributed by atoms with Crippen molar-refractivity contribution in [2.75, 3.05) is 0 Å². The Labute approximate surface area is 153 Å². The predicted octanol–water partition coefficient (Wildman–Crippen LogP) is 3.84. The summed E-state index contributed by atoms with van der Waals surface area (Å²) in [4.78, 5) is 12.6. The average Bonchev–Trinajstić information content (AvgIpc) is 3.09. The van der Waals surface area contributed by atoms with Crippen LogP contribution < -0.4 is 4.74 Å². The fraction of sp³-hybridized carbons (Fsp3) is 0.158. The molecule has 3 heterocycles. The van der Waals surface area contributed by atoms with Gasteiger partial charge in [0.25, 0.3) is 5.78 Å². The first-order valence-electron chi connectivity index (χ1n) is 8.27. The Morgan fingerprint density at radius 2 is 2.19 bits per heavy atom. The van der Waals surface area contributed by atoms with Crippen molar-refractivity contribution >= 4 is 11.4 Å². The second-order valence-electron chi connectivity index (χ2n) is 6.01. The molecule has 0 saturated heterocycles. The van der Waals surface area contributed by atoms with Gasteiger partial charge in [0.15, 0.2) is 0 Å². The van der Waals surface area contributed by atoms with Crippen LogP contribution in [0.15, 0.2) is 67.2 Å². The number of imidazole rings is 1. The Hall–Kier alpha value is -3.42. The number of aromatic nitrogens is 5. The highest BCUT2D eigenvalue weighted by Crippen LogP contribution is 2.34. The summed E-state index contributed by atoms with van der Waals surface area (Å²) in [5.74, 6) is -0.921. The van der Waals surface area contributed by atoms with Gasteiger partial charge in [-0.15, -0.1) is 0 Å². The number of hydrogen-bond donors (Lipinski definition) is 0.